The van der Waals surface area contributed by atoms with Crippen LogP contribution in [0.4, 0.5) is 10.5 Å². The molecule has 0 unspecified atom stereocenters. The number of hydrogen-bond donors (Lipinski definition) is 2. The SMILES string of the molecule is Cc1cccc(N)c1C#CCNC(=O)OCc1ccccc1. The molecule has 0 heterocycles. The summed E-state index contributed by atoms with van der Waals surface area (Å²) in [4.78, 5) is 11.5. The topological polar surface area (TPSA) is 64.3 Å². The van der Waals surface area contributed by atoms with Gasteiger partial charge in [-0.05, 0) is 24.1 Å². The van der Waals surface area contributed by atoms with Gasteiger partial charge < -0.3 is 15.8 Å². The number of amides is 1. The van der Waals surface area contributed by atoms with Gasteiger partial charge in [0.15, 0.2) is 0 Å². The maximum absolute atomic E-state index is 11.5. The van der Waals surface area contributed by atoms with Crippen LogP contribution in [0.15, 0.2) is 48.5 Å². The fraction of sp³-hybridized carbons (Fsp3) is 0.167. The van der Waals surface area contributed by atoms with Crippen molar-refractivity contribution in [3.8, 4) is 11.8 Å². The third-order valence-electron chi connectivity index (χ3n) is 3.05. The molecule has 0 radical (unpaired) electrons. The summed E-state index contributed by atoms with van der Waals surface area (Å²) in [6.07, 6.45) is -0.490. The first kappa shape index (κ1) is 15.5. The lowest BCUT2D eigenvalue weighted by atomic mass is 10.1. The van der Waals surface area contributed by atoms with Crippen molar-refractivity contribution in [1.29, 1.82) is 0 Å². The molecule has 0 aliphatic heterocycles. The summed E-state index contributed by atoms with van der Waals surface area (Å²) in [6.45, 7) is 2.40. The highest BCUT2D eigenvalue weighted by Crippen LogP contribution is 2.14. The lowest BCUT2D eigenvalue weighted by Crippen LogP contribution is -2.24. The number of carbonyl (C=O) groups excluding carboxylic acids is 1. The standard InChI is InChI=1S/C18H18N2O2/c1-14-7-5-11-17(19)16(14)10-6-12-20-18(21)22-13-15-8-3-2-4-9-15/h2-5,7-9,11H,12-13,19H2,1H3,(H,20,21). The molecule has 0 spiro atoms. The van der Waals surface area contributed by atoms with Gasteiger partial charge >= 0.3 is 6.09 Å². The normalized spacial score (nSPS) is 9.50. The Bertz CT molecular complexity index is 680. The van der Waals surface area contributed by atoms with Crippen molar-refractivity contribution in [3.05, 3.63) is 65.2 Å². The van der Waals surface area contributed by atoms with Crippen LogP contribution in [0.25, 0.3) is 0 Å². The maximum atomic E-state index is 11.5. The smallest absolute Gasteiger partial charge is 0.408 e. The van der Waals surface area contributed by atoms with Crippen LogP contribution < -0.4 is 11.1 Å². The van der Waals surface area contributed by atoms with Gasteiger partial charge in [0, 0.05) is 5.69 Å². The van der Waals surface area contributed by atoms with E-state index >= 15 is 0 Å². The minimum atomic E-state index is -0.490. The zero-order chi connectivity index (χ0) is 15.8. The monoisotopic (exact) mass is 294 g/mol. The highest BCUT2D eigenvalue weighted by Gasteiger charge is 2.01. The Kier molecular flexibility index (Phi) is 5.44. The molecule has 4 nitrogen and oxygen atoms in total. The second-order valence-corrected chi connectivity index (χ2v) is 4.76. The van der Waals surface area contributed by atoms with Crippen LogP contribution in [-0.2, 0) is 11.3 Å². The van der Waals surface area contributed by atoms with E-state index in [1.165, 1.54) is 0 Å². The fourth-order valence-electron chi connectivity index (χ4n) is 1.88. The van der Waals surface area contributed by atoms with Gasteiger partial charge in [-0.25, -0.2) is 4.79 Å². The number of nitrogens with two attached hydrogens (primary N) is 1. The summed E-state index contributed by atoms with van der Waals surface area (Å²) in [6, 6.07) is 15.1. The van der Waals surface area contributed by atoms with Crippen LogP contribution in [-0.4, -0.2) is 12.6 Å². The Hall–Kier alpha value is -2.93. The average molecular weight is 294 g/mol. The summed E-state index contributed by atoms with van der Waals surface area (Å²) in [5, 5.41) is 2.59. The Labute approximate surface area is 130 Å². The molecule has 0 aliphatic rings. The number of ether oxygens (including phenoxy) is 1. The molecular weight excluding hydrogens is 276 g/mol. The van der Waals surface area contributed by atoms with E-state index in [9.17, 15) is 4.79 Å². The number of hydrogen-bond acceptors (Lipinski definition) is 3. The number of nitrogens with one attached hydrogen (secondary N) is 1. The third-order valence-corrected chi connectivity index (χ3v) is 3.05. The largest absolute Gasteiger partial charge is 0.445 e. The van der Waals surface area contributed by atoms with Crippen molar-refractivity contribution in [1.82, 2.24) is 5.32 Å². The minimum absolute atomic E-state index is 0.210. The zero-order valence-electron chi connectivity index (χ0n) is 12.4. The summed E-state index contributed by atoms with van der Waals surface area (Å²) in [5.74, 6) is 5.84. The molecule has 0 bridgehead atoms. The molecule has 112 valence electrons. The van der Waals surface area contributed by atoms with Crippen LogP contribution in [0.1, 0.15) is 16.7 Å². The Morgan fingerprint density at radius 2 is 1.95 bits per heavy atom. The zero-order valence-corrected chi connectivity index (χ0v) is 12.4. The van der Waals surface area contributed by atoms with Crippen molar-refractivity contribution < 1.29 is 9.53 Å². The molecule has 2 aromatic carbocycles. The molecule has 1 amide bonds. The molecule has 3 N–H and O–H groups in total. The number of anilines is 1. The highest BCUT2D eigenvalue weighted by molar-refractivity contribution is 5.67. The number of aryl methyl sites for hydroxylation is 1. The first-order chi connectivity index (χ1) is 10.7. The first-order valence-corrected chi connectivity index (χ1v) is 6.95. The summed E-state index contributed by atoms with van der Waals surface area (Å²) in [7, 11) is 0. The van der Waals surface area contributed by atoms with E-state index in [0.29, 0.717) is 5.69 Å². The van der Waals surface area contributed by atoms with Gasteiger partial charge in [0.25, 0.3) is 0 Å². The molecule has 2 aromatic rings. The van der Waals surface area contributed by atoms with Crippen LogP contribution in [0.2, 0.25) is 0 Å². The summed E-state index contributed by atoms with van der Waals surface area (Å²) >= 11 is 0. The molecule has 0 aromatic heterocycles. The first-order valence-electron chi connectivity index (χ1n) is 6.95. The van der Waals surface area contributed by atoms with Gasteiger partial charge in [-0.3, -0.25) is 0 Å². The van der Waals surface area contributed by atoms with Crippen molar-refractivity contribution in [2.24, 2.45) is 0 Å². The number of benzene rings is 2. The molecule has 0 fully saturated rings. The predicted molar refractivity (Wildman–Crippen MR) is 87.1 cm³/mol. The lowest BCUT2D eigenvalue weighted by molar-refractivity contribution is 0.141. The van der Waals surface area contributed by atoms with E-state index in [4.69, 9.17) is 10.5 Å². The van der Waals surface area contributed by atoms with E-state index < -0.39 is 6.09 Å². The third kappa shape index (κ3) is 4.57. The maximum Gasteiger partial charge on any atom is 0.408 e. The van der Waals surface area contributed by atoms with Crippen LogP contribution in [0.5, 0.6) is 0 Å². The molecule has 2 rings (SSSR count). The molecule has 0 aliphatic carbocycles. The van der Waals surface area contributed by atoms with Gasteiger partial charge in [-0.15, -0.1) is 0 Å². The van der Waals surface area contributed by atoms with Gasteiger partial charge in [0.1, 0.15) is 6.61 Å². The van der Waals surface area contributed by atoms with E-state index in [-0.39, 0.29) is 13.2 Å². The molecule has 0 saturated carbocycles. The van der Waals surface area contributed by atoms with Crippen molar-refractivity contribution in [2.75, 3.05) is 12.3 Å². The minimum Gasteiger partial charge on any atom is -0.445 e. The van der Waals surface area contributed by atoms with E-state index in [1.54, 1.807) is 6.07 Å². The van der Waals surface area contributed by atoms with Gasteiger partial charge in [0.2, 0.25) is 0 Å². The lowest BCUT2D eigenvalue weighted by Gasteiger charge is -2.04. The average Bonchev–Trinajstić information content (AvgIpc) is 2.53. The van der Waals surface area contributed by atoms with Crippen molar-refractivity contribution in [3.63, 3.8) is 0 Å². The fourth-order valence-corrected chi connectivity index (χ4v) is 1.88. The Morgan fingerprint density at radius 1 is 1.18 bits per heavy atom. The van der Waals surface area contributed by atoms with Crippen molar-refractivity contribution >= 4 is 11.8 Å². The molecule has 22 heavy (non-hydrogen) atoms. The van der Waals surface area contributed by atoms with Crippen LogP contribution in [0.3, 0.4) is 0 Å². The van der Waals surface area contributed by atoms with E-state index in [2.05, 4.69) is 17.2 Å². The molecule has 0 saturated heterocycles. The Balaban J connectivity index is 1.79. The van der Waals surface area contributed by atoms with Gasteiger partial charge in [0.05, 0.1) is 12.1 Å². The number of rotatable bonds is 3. The van der Waals surface area contributed by atoms with Crippen molar-refractivity contribution in [2.45, 2.75) is 13.5 Å². The summed E-state index contributed by atoms with van der Waals surface area (Å²) < 4.78 is 5.09. The second-order valence-electron chi connectivity index (χ2n) is 4.76. The van der Waals surface area contributed by atoms with E-state index in [1.807, 2.05) is 49.4 Å². The molecule has 4 heteroatoms. The number of nitrogen functional groups attached to an aromatic ring is 1. The molecule has 0 atom stereocenters. The van der Waals surface area contributed by atoms with Gasteiger partial charge in [-0.2, -0.15) is 0 Å². The molecular formula is C18H18N2O2. The van der Waals surface area contributed by atoms with Gasteiger partial charge in [-0.1, -0.05) is 54.3 Å². The van der Waals surface area contributed by atoms with Crippen LogP contribution >= 0.6 is 0 Å². The number of carbonyl (C=O) groups is 1. The second kappa shape index (κ2) is 7.75. The highest BCUT2D eigenvalue weighted by atomic mass is 16.5. The predicted octanol–water partition coefficient (Wildman–Crippen LogP) is 2.86. The quantitative estimate of drug-likeness (QED) is 0.676. The van der Waals surface area contributed by atoms with E-state index in [0.717, 1.165) is 16.7 Å². The Morgan fingerprint density at radius 3 is 2.68 bits per heavy atom. The van der Waals surface area contributed by atoms with Crippen LogP contribution in [0, 0.1) is 18.8 Å². The number of alkyl carbamates (subject to hydrolysis) is 1. The summed E-state index contributed by atoms with van der Waals surface area (Å²) in [5.41, 5.74) is 9.25.